The van der Waals surface area contributed by atoms with Crippen molar-refractivity contribution in [1.29, 1.82) is 0 Å². The maximum Gasteiger partial charge on any atom is 0.404 e. The fourth-order valence-electron chi connectivity index (χ4n) is 0.396. The molecule has 0 aromatic carbocycles. The molecular formula is C7H11N3O2. The monoisotopic (exact) mass is 169 g/mol. The Balaban J connectivity index is 0.000000202. The van der Waals surface area contributed by atoms with Crippen LogP contribution in [0.4, 0.5) is 4.79 Å². The summed E-state index contributed by atoms with van der Waals surface area (Å²) in [7, 11) is 0. The lowest BCUT2D eigenvalue weighted by atomic mass is 10.7. The standard InChI is InChI=1S/C4H4N2.C3H7NO2/c1-2-5-4-6-3-1;1-2-6-3(4)5/h1-4H;2H2,1H3,(H2,4,5). The number of rotatable bonds is 1. The molecule has 0 fully saturated rings. The highest BCUT2D eigenvalue weighted by Gasteiger charge is 1.82. The van der Waals surface area contributed by atoms with Gasteiger partial charge in [0.05, 0.1) is 6.61 Å². The first-order valence-corrected chi connectivity index (χ1v) is 3.39. The first-order chi connectivity index (χ1) is 5.77. The number of nitrogens with zero attached hydrogens (tertiary/aromatic N) is 2. The van der Waals surface area contributed by atoms with Gasteiger partial charge in [-0.1, -0.05) is 0 Å². The summed E-state index contributed by atoms with van der Waals surface area (Å²) >= 11 is 0. The zero-order chi connectivity index (χ0) is 9.23. The first-order valence-electron chi connectivity index (χ1n) is 3.39. The highest BCUT2D eigenvalue weighted by atomic mass is 16.5. The lowest BCUT2D eigenvalue weighted by Crippen LogP contribution is -2.11. The van der Waals surface area contributed by atoms with E-state index >= 15 is 0 Å². The Morgan fingerprint density at radius 1 is 1.50 bits per heavy atom. The van der Waals surface area contributed by atoms with Crippen LogP contribution in [0.15, 0.2) is 24.8 Å². The van der Waals surface area contributed by atoms with Crippen molar-refractivity contribution in [3.05, 3.63) is 24.8 Å². The molecule has 0 radical (unpaired) electrons. The normalized spacial score (nSPS) is 7.75. The minimum atomic E-state index is -0.711. The van der Waals surface area contributed by atoms with Crippen LogP contribution >= 0.6 is 0 Å². The predicted octanol–water partition coefficient (Wildman–Crippen LogP) is 0.578. The average molecular weight is 169 g/mol. The zero-order valence-corrected chi connectivity index (χ0v) is 6.80. The van der Waals surface area contributed by atoms with Crippen molar-refractivity contribution in [3.8, 4) is 0 Å². The van der Waals surface area contributed by atoms with Crippen LogP contribution in [0.3, 0.4) is 0 Å². The van der Waals surface area contributed by atoms with Crippen LogP contribution in [0, 0.1) is 0 Å². The number of primary amides is 1. The van der Waals surface area contributed by atoms with E-state index in [2.05, 4.69) is 20.4 Å². The molecule has 2 N–H and O–H groups in total. The maximum absolute atomic E-state index is 9.60. The molecule has 0 aliphatic heterocycles. The number of ether oxygens (including phenoxy) is 1. The summed E-state index contributed by atoms with van der Waals surface area (Å²) in [4.78, 5) is 16.9. The van der Waals surface area contributed by atoms with Gasteiger partial charge in [0, 0.05) is 12.4 Å². The molecule has 12 heavy (non-hydrogen) atoms. The summed E-state index contributed by atoms with van der Waals surface area (Å²) in [6.07, 6.45) is 4.16. The van der Waals surface area contributed by atoms with Crippen LogP contribution in [0.5, 0.6) is 0 Å². The summed E-state index contributed by atoms with van der Waals surface area (Å²) < 4.78 is 4.18. The van der Waals surface area contributed by atoms with Crippen molar-refractivity contribution in [2.45, 2.75) is 6.92 Å². The van der Waals surface area contributed by atoms with Crippen LogP contribution in [-0.2, 0) is 4.74 Å². The number of aromatic nitrogens is 2. The van der Waals surface area contributed by atoms with Crippen LogP contribution in [-0.4, -0.2) is 22.7 Å². The number of hydrogen-bond acceptors (Lipinski definition) is 4. The minimum absolute atomic E-state index is 0.356. The highest BCUT2D eigenvalue weighted by molar-refractivity contribution is 5.64. The summed E-state index contributed by atoms with van der Waals surface area (Å²) in [5, 5.41) is 0. The molecule has 0 aliphatic carbocycles. The van der Waals surface area contributed by atoms with Crippen LogP contribution < -0.4 is 5.73 Å². The van der Waals surface area contributed by atoms with Crippen molar-refractivity contribution in [3.63, 3.8) is 0 Å². The number of nitrogens with two attached hydrogens (primary N) is 1. The van der Waals surface area contributed by atoms with E-state index in [0.717, 1.165) is 0 Å². The lowest BCUT2D eigenvalue weighted by molar-refractivity contribution is 0.163. The molecule has 0 bridgehead atoms. The van der Waals surface area contributed by atoms with Crippen molar-refractivity contribution in [2.75, 3.05) is 6.61 Å². The number of carbonyl (C=O) groups excluding carboxylic acids is 1. The SMILES string of the molecule is CCOC(N)=O.c1cncnc1. The third kappa shape index (κ3) is 8.35. The topological polar surface area (TPSA) is 78.1 Å². The van der Waals surface area contributed by atoms with E-state index in [9.17, 15) is 4.79 Å². The van der Waals surface area contributed by atoms with E-state index in [1.165, 1.54) is 6.33 Å². The smallest absolute Gasteiger partial charge is 0.404 e. The second kappa shape index (κ2) is 7.46. The molecule has 0 atom stereocenters. The van der Waals surface area contributed by atoms with Gasteiger partial charge in [-0.15, -0.1) is 0 Å². The highest BCUT2D eigenvalue weighted by Crippen LogP contribution is 1.66. The van der Waals surface area contributed by atoms with Gasteiger partial charge < -0.3 is 10.5 Å². The summed E-state index contributed by atoms with van der Waals surface area (Å²) in [5.41, 5.74) is 4.54. The Morgan fingerprint density at radius 2 is 2.08 bits per heavy atom. The van der Waals surface area contributed by atoms with E-state index in [4.69, 9.17) is 0 Å². The maximum atomic E-state index is 9.60. The molecule has 0 aliphatic rings. The van der Waals surface area contributed by atoms with Crippen LogP contribution in [0.25, 0.3) is 0 Å². The molecular weight excluding hydrogens is 158 g/mol. The van der Waals surface area contributed by atoms with Gasteiger partial charge in [-0.2, -0.15) is 0 Å². The van der Waals surface area contributed by atoms with E-state index < -0.39 is 6.09 Å². The average Bonchev–Trinajstić information content (AvgIpc) is 2.08. The zero-order valence-electron chi connectivity index (χ0n) is 6.80. The van der Waals surface area contributed by atoms with E-state index in [-0.39, 0.29) is 0 Å². The summed E-state index contributed by atoms with van der Waals surface area (Å²) in [6, 6.07) is 1.78. The van der Waals surface area contributed by atoms with Crippen molar-refractivity contribution >= 4 is 6.09 Å². The van der Waals surface area contributed by atoms with Gasteiger partial charge in [-0.05, 0) is 13.0 Å². The molecule has 0 spiro atoms. The fourth-order valence-corrected chi connectivity index (χ4v) is 0.396. The van der Waals surface area contributed by atoms with Gasteiger partial charge in [-0.3, -0.25) is 0 Å². The van der Waals surface area contributed by atoms with E-state index in [0.29, 0.717) is 6.61 Å². The van der Waals surface area contributed by atoms with Gasteiger partial charge in [0.1, 0.15) is 6.33 Å². The van der Waals surface area contributed by atoms with Crippen molar-refractivity contribution in [1.82, 2.24) is 9.97 Å². The molecule has 0 saturated heterocycles. The largest absolute Gasteiger partial charge is 0.450 e. The molecule has 5 nitrogen and oxygen atoms in total. The quantitative estimate of drug-likeness (QED) is 0.666. The number of amides is 1. The predicted molar refractivity (Wildman–Crippen MR) is 43.2 cm³/mol. The fraction of sp³-hybridized carbons (Fsp3) is 0.286. The Hall–Kier alpha value is -1.65. The molecule has 1 rings (SSSR count). The number of carbonyl (C=O) groups is 1. The van der Waals surface area contributed by atoms with Gasteiger partial charge in [0.2, 0.25) is 0 Å². The van der Waals surface area contributed by atoms with Gasteiger partial charge in [0.25, 0.3) is 0 Å². The molecule has 1 heterocycles. The number of hydrogen-bond donors (Lipinski definition) is 1. The van der Waals surface area contributed by atoms with Crippen LogP contribution in [0.1, 0.15) is 6.92 Å². The van der Waals surface area contributed by atoms with Crippen molar-refractivity contribution in [2.24, 2.45) is 5.73 Å². The summed E-state index contributed by atoms with van der Waals surface area (Å²) in [6.45, 7) is 2.06. The molecule has 0 unspecified atom stereocenters. The Labute approximate surface area is 70.6 Å². The third-order valence-electron chi connectivity index (χ3n) is 0.764. The second-order valence-electron chi connectivity index (χ2n) is 1.66. The first kappa shape index (κ1) is 10.3. The molecule has 66 valence electrons. The van der Waals surface area contributed by atoms with E-state index in [1.54, 1.807) is 25.4 Å². The Bertz CT molecular complexity index is 176. The van der Waals surface area contributed by atoms with Gasteiger partial charge >= 0.3 is 6.09 Å². The van der Waals surface area contributed by atoms with Crippen LogP contribution in [0.2, 0.25) is 0 Å². The Kier molecular flexibility index (Phi) is 6.43. The molecule has 1 aromatic rings. The molecule has 1 amide bonds. The van der Waals surface area contributed by atoms with Gasteiger partial charge in [0.15, 0.2) is 0 Å². The minimum Gasteiger partial charge on any atom is -0.450 e. The lowest BCUT2D eigenvalue weighted by Gasteiger charge is -1.89. The summed E-state index contributed by atoms with van der Waals surface area (Å²) in [5.74, 6) is 0. The third-order valence-corrected chi connectivity index (χ3v) is 0.764. The Morgan fingerprint density at radius 3 is 2.17 bits per heavy atom. The molecule has 5 heteroatoms. The van der Waals surface area contributed by atoms with Crippen molar-refractivity contribution < 1.29 is 9.53 Å². The molecule has 1 aromatic heterocycles. The van der Waals surface area contributed by atoms with E-state index in [1.807, 2.05) is 0 Å². The van der Waals surface area contributed by atoms with Gasteiger partial charge in [-0.25, -0.2) is 14.8 Å². The molecule has 0 saturated carbocycles. The second-order valence-corrected chi connectivity index (χ2v) is 1.66.